The van der Waals surface area contributed by atoms with E-state index in [1.807, 2.05) is 11.8 Å². The summed E-state index contributed by atoms with van der Waals surface area (Å²) >= 11 is 1.60. The summed E-state index contributed by atoms with van der Waals surface area (Å²) in [5.41, 5.74) is 2.24. The maximum Gasteiger partial charge on any atom is 0.264 e. The molecule has 3 aromatic rings. The fourth-order valence-corrected chi connectivity index (χ4v) is 4.91. The van der Waals surface area contributed by atoms with Gasteiger partial charge in [-0.1, -0.05) is 42.5 Å². The predicted molar refractivity (Wildman–Crippen MR) is 108 cm³/mol. The van der Waals surface area contributed by atoms with Crippen LogP contribution in [0, 0.1) is 12.8 Å². The van der Waals surface area contributed by atoms with Crippen LogP contribution in [-0.2, 0) is 0 Å². The van der Waals surface area contributed by atoms with Gasteiger partial charge in [0, 0.05) is 24.6 Å². The molecular weight excluding hydrogens is 342 g/mol. The summed E-state index contributed by atoms with van der Waals surface area (Å²) in [5, 5.41) is 11.7. The van der Waals surface area contributed by atoms with Gasteiger partial charge < -0.3 is 10.0 Å². The number of carbonyl (C=O) groups excluding carboxylic acids is 1. The van der Waals surface area contributed by atoms with E-state index in [4.69, 9.17) is 0 Å². The molecular formula is C22H23NO2S. The lowest BCUT2D eigenvalue weighted by Gasteiger charge is -2.31. The third kappa shape index (κ3) is 3.15. The standard InChI is InChI=1S/C22H23NO2S/c1-15-13-20(19-8-4-6-17-5-2-3-7-18(17)19)26-21(15)22(25)23-11-9-16(14-24)10-12-23/h2-8,13,16,24H,9-12,14H2,1H3. The molecule has 2 aromatic carbocycles. The molecule has 0 bridgehead atoms. The van der Waals surface area contributed by atoms with Crippen LogP contribution in [0.15, 0.2) is 48.5 Å². The predicted octanol–water partition coefficient (Wildman–Crippen LogP) is 4.72. The lowest BCUT2D eigenvalue weighted by Crippen LogP contribution is -2.39. The van der Waals surface area contributed by atoms with Crippen LogP contribution in [0.3, 0.4) is 0 Å². The first kappa shape index (κ1) is 17.3. The highest BCUT2D eigenvalue weighted by molar-refractivity contribution is 7.17. The maximum atomic E-state index is 13.0. The van der Waals surface area contributed by atoms with Gasteiger partial charge in [0.2, 0.25) is 0 Å². The van der Waals surface area contributed by atoms with Crippen LogP contribution in [0.4, 0.5) is 0 Å². The average Bonchev–Trinajstić information content (AvgIpc) is 3.08. The first-order valence-corrected chi connectivity index (χ1v) is 9.97. The quantitative estimate of drug-likeness (QED) is 0.729. The molecule has 1 N–H and O–H groups in total. The number of nitrogens with zero attached hydrogens (tertiary/aromatic N) is 1. The molecule has 2 heterocycles. The highest BCUT2D eigenvalue weighted by atomic mass is 32.1. The fraction of sp³-hybridized carbons (Fsp3) is 0.318. The molecule has 1 aliphatic rings. The zero-order valence-electron chi connectivity index (χ0n) is 14.9. The second kappa shape index (κ2) is 7.22. The van der Waals surface area contributed by atoms with Crippen molar-refractivity contribution >= 4 is 28.0 Å². The number of thiophene rings is 1. The SMILES string of the molecule is Cc1cc(-c2cccc3ccccc23)sc1C(=O)N1CCC(CO)CC1. The zero-order valence-corrected chi connectivity index (χ0v) is 15.8. The van der Waals surface area contributed by atoms with Crippen molar-refractivity contribution in [2.24, 2.45) is 5.92 Å². The van der Waals surface area contributed by atoms with Crippen LogP contribution in [0.5, 0.6) is 0 Å². The molecule has 1 aromatic heterocycles. The molecule has 1 fully saturated rings. The summed E-state index contributed by atoms with van der Waals surface area (Å²) in [6.07, 6.45) is 1.78. The van der Waals surface area contributed by atoms with Gasteiger partial charge >= 0.3 is 0 Å². The highest BCUT2D eigenvalue weighted by Gasteiger charge is 2.25. The van der Waals surface area contributed by atoms with Crippen molar-refractivity contribution in [1.82, 2.24) is 4.90 Å². The number of piperidine rings is 1. The van der Waals surface area contributed by atoms with Crippen LogP contribution < -0.4 is 0 Å². The van der Waals surface area contributed by atoms with Crippen LogP contribution in [0.1, 0.15) is 28.1 Å². The van der Waals surface area contributed by atoms with Gasteiger partial charge in [0.15, 0.2) is 0 Å². The highest BCUT2D eigenvalue weighted by Crippen LogP contribution is 2.36. The van der Waals surface area contributed by atoms with Gasteiger partial charge in [0.25, 0.3) is 5.91 Å². The molecule has 0 radical (unpaired) electrons. The smallest absolute Gasteiger partial charge is 0.264 e. The number of amides is 1. The molecule has 4 rings (SSSR count). The number of rotatable bonds is 3. The molecule has 4 heteroatoms. The summed E-state index contributed by atoms with van der Waals surface area (Å²) < 4.78 is 0. The van der Waals surface area contributed by atoms with Gasteiger partial charge in [-0.05, 0) is 53.6 Å². The Morgan fingerprint density at radius 2 is 1.88 bits per heavy atom. The summed E-state index contributed by atoms with van der Waals surface area (Å²) in [5.74, 6) is 0.477. The number of hydrogen-bond donors (Lipinski definition) is 1. The van der Waals surface area contributed by atoms with E-state index < -0.39 is 0 Å². The molecule has 1 amide bonds. The normalized spacial score (nSPS) is 15.5. The number of benzene rings is 2. The molecule has 1 saturated heterocycles. The van der Waals surface area contributed by atoms with Crippen molar-refractivity contribution in [1.29, 1.82) is 0 Å². The molecule has 0 saturated carbocycles. The second-order valence-corrected chi connectivity index (χ2v) is 8.12. The molecule has 26 heavy (non-hydrogen) atoms. The molecule has 0 spiro atoms. The third-order valence-corrected chi connectivity index (χ3v) is 6.59. The van der Waals surface area contributed by atoms with Gasteiger partial charge in [0.05, 0.1) is 4.88 Å². The van der Waals surface area contributed by atoms with Gasteiger partial charge in [0.1, 0.15) is 0 Å². The summed E-state index contributed by atoms with van der Waals surface area (Å²) in [6.45, 7) is 3.74. The number of hydrogen-bond acceptors (Lipinski definition) is 3. The minimum atomic E-state index is 0.135. The van der Waals surface area contributed by atoms with E-state index in [0.717, 1.165) is 41.2 Å². The average molecular weight is 365 g/mol. The van der Waals surface area contributed by atoms with Gasteiger partial charge in [-0.3, -0.25) is 4.79 Å². The Bertz CT molecular complexity index is 933. The minimum absolute atomic E-state index is 0.135. The van der Waals surface area contributed by atoms with Crippen LogP contribution in [-0.4, -0.2) is 35.6 Å². The van der Waals surface area contributed by atoms with Crippen molar-refractivity contribution in [3.63, 3.8) is 0 Å². The van der Waals surface area contributed by atoms with E-state index in [9.17, 15) is 9.90 Å². The van der Waals surface area contributed by atoms with Crippen LogP contribution in [0.2, 0.25) is 0 Å². The van der Waals surface area contributed by atoms with Crippen molar-refractivity contribution in [3.05, 3.63) is 59.0 Å². The molecule has 0 atom stereocenters. The third-order valence-electron chi connectivity index (χ3n) is 5.33. The lowest BCUT2D eigenvalue weighted by molar-refractivity contribution is 0.0655. The van der Waals surface area contributed by atoms with E-state index in [0.29, 0.717) is 5.92 Å². The maximum absolute atomic E-state index is 13.0. The molecule has 0 aliphatic carbocycles. The van der Waals surface area contributed by atoms with Crippen LogP contribution >= 0.6 is 11.3 Å². The molecule has 134 valence electrons. The number of aliphatic hydroxyl groups excluding tert-OH is 1. The van der Waals surface area contributed by atoms with Gasteiger partial charge in [-0.25, -0.2) is 0 Å². The van der Waals surface area contributed by atoms with Gasteiger partial charge in [-0.2, -0.15) is 0 Å². The summed E-state index contributed by atoms with van der Waals surface area (Å²) in [6, 6.07) is 16.8. The number of aryl methyl sites for hydroxylation is 1. The van der Waals surface area contributed by atoms with E-state index in [2.05, 4.69) is 48.5 Å². The minimum Gasteiger partial charge on any atom is -0.396 e. The van der Waals surface area contributed by atoms with Crippen molar-refractivity contribution < 1.29 is 9.90 Å². The zero-order chi connectivity index (χ0) is 18.1. The fourth-order valence-electron chi connectivity index (χ4n) is 3.73. The Morgan fingerprint density at radius 3 is 2.65 bits per heavy atom. The molecule has 0 unspecified atom stereocenters. The number of aliphatic hydroxyl groups is 1. The molecule has 1 aliphatic heterocycles. The van der Waals surface area contributed by atoms with E-state index in [1.54, 1.807) is 11.3 Å². The van der Waals surface area contributed by atoms with E-state index in [1.165, 1.54) is 16.3 Å². The number of fused-ring (bicyclic) bond motifs is 1. The first-order valence-electron chi connectivity index (χ1n) is 9.16. The number of likely N-dealkylation sites (tertiary alicyclic amines) is 1. The van der Waals surface area contributed by atoms with E-state index >= 15 is 0 Å². The molecule has 3 nitrogen and oxygen atoms in total. The van der Waals surface area contributed by atoms with Gasteiger partial charge in [-0.15, -0.1) is 11.3 Å². The van der Waals surface area contributed by atoms with Crippen molar-refractivity contribution in [3.8, 4) is 10.4 Å². The Kier molecular flexibility index (Phi) is 4.79. The Morgan fingerprint density at radius 1 is 1.15 bits per heavy atom. The second-order valence-electron chi connectivity index (χ2n) is 7.07. The largest absolute Gasteiger partial charge is 0.396 e. The van der Waals surface area contributed by atoms with E-state index in [-0.39, 0.29) is 12.5 Å². The van der Waals surface area contributed by atoms with Crippen molar-refractivity contribution in [2.45, 2.75) is 19.8 Å². The van der Waals surface area contributed by atoms with Crippen LogP contribution in [0.25, 0.3) is 21.2 Å². The summed E-state index contributed by atoms with van der Waals surface area (Å²) in [7, 11) is 0. The first-order chi connectivity index (χ1) is 12.7. The monoisotopic (exact) mass is 365 g/mol. The number of carbonyl (C=O) groups is 1. The van der Waals surface area contributed by atoms with Crippen molar-refractivity contribution in [2.75, 3.05) is 19.7 Å². The Labute approximate surface area is 157 Å². The topological polar surface area (TPSA) is 40.5 Å². The Balaban J connectivity index is 1.64. The lowest BCUT2D eigenvalue weighted by atomic mass is 9.98. The Hall–Kier alpha value is -2.17. The summed E-state index contributed by atoms with van der Waals surface area (Å²) in [4.78, 5) is 16.9.